The number of nitrogens with zero attached hydrogens (tertiary/aromatic N) is 1. The third-order valence-electron chi connectivity index (χ3n) is 3.22. The summed E-state index contributed by atoms with van der Waals surface area (Å²) < 4.78 is 80.3. The minimum atomic E-state index is -4.74. The highest BCUT2D eigenvalue weighted by Crippen LogP contribution is 2.24. The van der Waals surface area contributed by atoms with Gasteiger partial charge in [0.15, 0.2) is 0 Å². The fourth-order valence-corrected chi connectivity index (χ4v) is 2.27. The molecule has 0 aliphatic heterocycles. The van der Waals surface area contributed by atoms with Gasteiger partial charge in [-0.05, 0) is 42.4 Å². The maximum Gasteiger partial charge on any atom is 0.573 e. The van der Waals surface area contributed by atoms with Gasteiger partial charge in [-0.2, -0.15) is 0 Å². The van der Waals surface area contributed by atoms with Crippen LogP contribution in [0.15, 0.2) is 48.5 Å². The van der Waals surface area contributed by atoms with E-state index < -0.39 is 12.7 Å². The van der Waals surface area contributed by atoms with Crippen molar-refractivity contribution in [3.05, 3.63) is 59.7 Å². The Bertz CT molecular complexity index is 634. The number of hydrogen-bond acceptors (Lipinski definition) is 3. The Balaban J connectivity index is 1.89. The van der Waals surface area contributed by atoms with E-state index in [1.54, 1.807) is 7.05 Å². The molecule has 0 aliphatic carbocycles. The van der Waals surface area contributed by atoms with Gasteiger partial charge in [-0.15, -0.1) is 26.3 Å². The lowest BCUT2D eigenvalue weighted by molar-refractivity contribution is -0.275. The largest absolute Gasteiger partial charge is 0.573 e. The second kappa shape index (κ2) is 7.86. The summed E-state index contributed by atoms with van der Waals surface area (Å²) in [5.41, 5.74) is 1.53. The Morgan fingerprint density at radius 1 is 0.654 bits per heavy atom. The Kier molecular flexibility index (Phi) is 6.01. The number of alkyl halides is 6. The Morgan fingerprint density at radius 2 is 0.962 bits per heavy atom. The summed E-state index contributed by atoms with van der Waals surface area (Å²) in [5, 5.41) is 0. The van der Waals surface area contributed by atoms with Crippen LogP contribution >= 0.6 is 0 Å². The van der Waals surface area contributed by atoms with Crippen molar-refractivity contribution in [3.63, 3.8) is 0 Å². The molecule has 0 unspecified atom stereocenters. The topological polar surface area (TPSA) is 21.7 Å². The predicted octanol–water partition coefficient (Wildman–Crippen LogP) is 5.12. The van der Waals surface area contributed by atoms with Crippen LogP contribution in [0, 0.1) is 0 Å². The molecule has 3 nitrogen and oxygen atoms in total. The third-order valence-corrected chi connectivity index (χ3v) is 3.22. The van der Waals surface area contributed by atoms with Gasteiger partial charge in [0.2, 0.25) is 0 Å². The summed E-state index contributed by atoms with van der Waals surface area (Å²) in [6.45, 7) is 0.875. The molecule has 0 fully saturated rings. The molecular weight excluding hydrogens is 364 g/mol. The smallest absolute Gasteiger partial charge is 0.406 e. The van der Waals surface area contributed by atoms with E-state index in [9.17, 15) is 26.3 Å². The van der Waals surface area contributed by atoms with Crippen LogP contribution in [0.1, 0.15) is 11.1 Å². The number of ether oxygens (including phenoxy) is 2. The van der Waals surface area contributed by atoms with Crippen molar-refractivity contribution >= 4 is 0 Å². The fraction of sp³-hybridized carbons (Fsp3) is 0.294. The van der Waals surface area contributed by atoms with Crippen molar-refractivity contribution in [2.45, 2.75) is 25.8 Å². The van der Waals surface area contributed by atoms with E-state index in [2.05, 4.69) is 9.47 Å². The highest BCUT2D eigenvalue weighted by atomic mass is 19.4. The molecule has 2 aromatic carbocycles. The van der Waals surface area contributed by atoms with Crippen LogP contribution in [-0.2, 0) is 13.1 Å². The monoisotopic (exact) mass is 379 g/mol. The van der Waals surface area contributed by atoms with Crippen LogP contribution in [0.5, 0.6) is 11.5 Å². The SMILES string of the molecule is CN(Cc1ccc(OC(F)(F)F)cc1)Cc1ccc(OC(F)(F)F)cc1. The highest BCUT2D eigenvalue weighted by molar-refractivity contribution is 5.29. The van der Waals surface area contributed by atoms with E-state index in [4.69, 9.17) is 0 Å². The molecule has 0 heterocycles. The Labute approximate surface area is 145 Å². The summed E-state index contributed by atoms with van der Waals surface area (Å²) in [4.78, 5) is 1.86. The molecule has 0 bridgehead atoms. The molecule has 0 amide bonds. The lowest BCUT2D eigenvalue weighted by Gasteiger charge is -2.17. The number of rotatable bonds is 6. The quantitative estimate of drug-likeness (QED) is 0.651. The summed E-state index contributed by atoms with van der Waals surface area (Å²) in [6.07, 6.45) is -9.47. The lowest BCUT2D eigenvalue weighted by atomic mass is 10.1. The normalized spacial score (nSPS) is 12.3. The predicted molar refractivity (Wildman–Crippen MR) is 81.4 cm³/mol. The summed E-state index contributed by atoms with van der Waals surface area (Å²) in [5.74, 6) is -0.603. The zero-order valence-corrected chi connectivity index (χ0v) is 13.6. The van der Waals surface area contributed by atoms with E-state index in [0.717, 1.165) is 11.1 Å². The molecule has 0 aromatic heterocycles. The minimum absolute atomic E-state index is 0.302. The third kappa shape index (κ3) is 7.22. The van der Waals surface area contributed by atoms with Crippen molar-refractivity contribution < 1.29 is 35.8 Å². The molecule has 142 valence electrons. The molecule has 0 N–H and O–H groups in total. The van der Waals surface area contributed by atoms with Crippen LogP contribution in [0.25, 0.3) is 0 Å². The standard InChI is InChI=1S/C17H15F6NO2/c1-24(10-12-2-6-14(7-3-12)25-16(18,19)20)11-13-4-8-15(9-5-13)26-17(21,22)23/h2-9H,10-11H2,1H3. The van der Waals surface area contributed by atoms with E-state index in [-0.39, 0.29) is 11.5 Å². The number of halogens is 6. The molecule has 2 rings (SSSR count). The molecule has 0 spiro atoms. The molecule has 26 heavy (non-hydrogen) atoms. The first-order chi connectivity index (χ1) is 12.0. The van der Waals surface area contributed by atoms with Gasteiger partial charge in [0.25, 0.3) is 0 Å². The van der Waals surface area contributed by atoms with Gasteiger partial charge >= 0.3 is 12.7 Å². The maximum absolute atomic E-state index is 12.1. The highest BCUT2D eigenvalue weighted by Gasteiger charge is 2.31. The van der Waals surface area contributed by atoms with Crippen molar-refractivity contribution in [1.29, 1.82) is 0 Å². The van der Waals surface area contributed by atoms with Gasteiger partial charge in [0.05, 0.1) is 0 Å². The first kappa shape index (κ1) is 19.9. The second-order valence-electron chi connectivity index (χ2n) is 5.56. The fourth-order valence-electron chi connectivity index (χ4n) is 2.27. The van der Waals surface area contributed by atoms with Gasteiger partial charge in [-0.3, -0.25) is 4.90 Å². The molecule has 0 saturated heterocycles. The first-order valence-corrected chi connectivity index (χ1v) is 7.38. The molecule has 0 atom stereocenters. The molecule has 0 aliphatic rings. The summed E-state index contributed by atoms with van der Waals surface area (Å²) >= 11 is 0. The van der Waals surface area contributed by atoms with E-state index in [1.165, 1.54) is 48.5 Å². The minimum Gasteiger partial charge on any atom is -0.406 e. The zero-order valence-electron chi connectivity index (χ0n) is 13.6. The van der Waals surface area contributed by atoms with Gasteiger partial charge < -0.3 is 9.47 Å². The van der Waals surface area contributed by atoms with Crippen molar-refractivity contribution in [2.75, 3.05) is 7.05 Å². The Morgan fingerprint density at radius 3 is 1.23 bits per heavy atom. The van der Waals surface area contributed by atoms with Gasteiger partial charge in [0, 0.05) is 13.1 Å². The summed E-state index contributed by atoms with van der Waals surface area (Å²) in [7, 11) is 1.78. The zero-order chi connectivity index (χ0) is 19.4. The maximum atomic E-state index is 12.1. The molecular formula is C17H15F6NO2. The molecule has 0 saturated carbocycles. The average Bonchev–Trinajstić information content (AvgIpc) is 2.48. The first-order valence-electron chi connectivity index (χ1n) is 7.38. The van der Waals surface area contributed by atoms with Crippen LogP contribution in [-0.4, -0.2) is 24.7 Å². The van der Waals surface area contributed by atoms with Crippen LogP contribution in [0.4, 0.5) is 26.3 Å². The van der Waals surface area contributed by atoms with Gasteiger partial charge in [-0.1, -0.05) is 24.3 Å². The molecule has 9 heteroatoms. The van der Waals surface area contributed by atoms with E-state index in [1.807, 2.05) is 4.90 Å². The van der Waals surface area contributed by atoms with E-state index >= 15 is 0 Å². The van der Waals surface area contributed by atoms with Crippen LogP contribution in [0.2, 0.25) is 0 Å². The second-order valence-corrected chi connectivity index (χ2v) is 5.56. The van der Waals surface area contributed by atoms with Crippen molar-refractivity contribution in [2.24, 2.45) is 0 Å². The average molecular weight is 379 g/mol. The van der Waals surface area contributed by atoms with Gasteiger partial charge in [-0.25, -0.2) is 0 Å². The Hall–Kier alpha value is -2.42. The van der Waals surface area contributed by atoms with Crippen LogP contribution < -0.4 is 9.47 Å². The van der Waals surface area contributed by atoms with Crippen molar-refractivity contribution in [3.8, 4) is 11.5 Å². The number of hydrogen-bond donors (Lipinski definition) is 0. The summed E-state index contributed by atoms with van der Waals surface area (Å²) in [6, 6.07) is 10.9. The van der Waals surface area contributed by atoms with Crippen molar-refractivity contribution in [1.82, 2.24) is 4.90 Å². The molecule has 2 aromatic rings. The van der Waals surface area contributed by atoms with Crippen LogP contribution in [0.3, 0.4) is 0 Å². The van der Waals surface area contributed by atoms with E-state index in [0.29, 0.717) is 13.1 Å². The van der Waals surface area contributed by atoms with Gasteiger partial charge in [0.1, 0.15) is 11.5 Å². The molecule has 0 radical (unpaired) electrons. The number of benzene rings is 2. The lowest BCUT2D eigenvalue weighted by Crippen LogP contribution is -2.18.